The van der Waals surface area contributed by atoms with Crippen LogP contribution in [0.1, 0.15) is 27.5 Å². The van der Waals surface area contributed by atoms with Gasteiger partial charge in [-0.15, -0.1) is 0 Å². The minimum atomic E-state index is 0.0854. The molecule has 3 heterocycles. The molecule has 0 N–H and O–H groups in total. The highest BCUT2D eigenvalue weighted by atomic mass is 16.5. The molecule has 1 saturated heterocycles. The van der Waals surface area contributed by atoms with Crippen molar-refractivity contribution in [3.63, 3.8) is 0 Å². The Hall–Kier alpha value is -3.02. The number of anilines is 1. The summed E-state index contributed by atoms with van der Waals surface area (Å²) >= 11 is 0. The Balaban J connectivity index is 1.51. The third-order valence-electron chi connectivity index (χ3n) is 5.19. The average Bonchev–Trinajstić information content (AvgIpc) is 3.24. The van der Waals surface area contributed by atoms with Crippen LogP contribution < -0.4 is 4.90 Å². The molecule has 0 spiro atoms. The van der Waals surface area contributed by atoms with Gasteiger partial charge in [-0.1, -0.05) is 23.4 Å². The SMILES string of the molecule is Cc1cc(-n2c(C)cc(C(=O)N3CCN(c4ccccc4)CC3)c2C)no1. The van der Waals surface area contributed by atoms with Crippen LogP contribution in [0.4, 0.5) is 5.69 Å². The van der Waals surface area contributed by atoms with Crippen molar-refractivity contribution in [2.45, 2.75) is 20.8 Å². The van der Waals surface area contributed by atoms with E-state index in [2.05, 4.69) is 22.2 Å². The van der Waals surface area contributed by atoms with Crippen molar-refractivity contribution >= 4 is 11.6 Å². The molecule has 0 saturated carbocycles. The number of aryl methyl sites for hydroxylation is 2. The van der Waals surface area contributed by atoms with E-state index in [1.807, 2.05) is 60.6 Å². The van der Waals surface area contributed by atoms with Gasteiger partial charge < -0.3 is 14.3 Å². The van der Waals surface area contributed by atoms with Crippen LogP contribution in [0.25, 0.3) is 5.82 Å². The van der Waals surface area contributed by atoms with Crippen molar-refractivity contribution in [3.05, 3.63) is 65.2 Å². The number of carbonyl (C=O) groups is 1. The summed E-state index contributed by atoms with van der Waals surface area (Å²) in [6, 6.07) is 14.2. The molecule has 0 unspecified atom stereocenters. The summed E-state index contributed by atoms with van der Waals surface area (Å²) in [5, 5.41) is 4.09. The molecular weight excluding hydrogens is 340 g/mol. The lowest BCUT2D eigenvalue weighted by atomic mass is 10.2. The summed E-state index contributed by atoms with van der Waals surface area (Å²) < 4.78 is 7.17. The van der Waals surface area contributed by atoms with Gasteiger partial charge in [-0.25, -0.2) is 0 Å². The van der Waals surface area contributed by atoms with Crippen molar-refractivity contribution in [2.75, 3.05) is 31.1 Å². The quantitative estimate of drug-likeness (QED) is 0.715. The molecule has 1 amide bonds. The lowest BCUT2D eigenvalue weighted by Gasteiger charge is -2.36. The molecule has 140 valence electrons. The monoisotopic (exact) mass is 364 g/mol. The molecule has 0 bridgehead atoms. The van der Waals surface area contributed by atoms with Gasteiger partial charge in [0.1, 0.15) is 5.76 Å². The summed E-state index contributed by atoms with van der Waals surface area (Å²) in [6.07, 6.45) is 0. The first-order valence-corrected chi connectivity index (χ1v) is 9.26. The molecule has 6 nitrogen and oxygen atoms in total. The van der Waals surface area contributed by atoms with E-state index < -0.39 is 0 Å². The smallest absolute Gasteiger partial charge is 0.255 e. The first-order valence-electron chi connectivity index (χ1n) is 9.26. The Labute approximate surface area is 159 Å². The molecule has 0 aliphatic carbocycles. The van der Waals surface area contributed by atoms with Gasteiger partial charge in [0.2, 0.25) is 0 Å². The van der Waals surface area contributed by atoms with E-state index in [-0.39, 0.29) is 5.91 Å². The van der Waals surface area contributed by atoms with E-state index in [1.165, 1.54) is 5.69 Å². The fraction of sp³-hybridized carbons (Fsp3) is 0.333. The van der Waals surface area contributed by atoms with Crippen LogP contribution >= 0.6 is 0 Å². The predicted octanol–water partition coefficient (Wildman–Crippen LogP) is 3.35. The Morgan fingerprint density at radius 1 is 1.00 bits per heavy atom. The minimum Gasteiger partial charge on any atom is -0.368 e. The van der Waals surface area contributed by atoms with Crippen LogP contribution in [-0.2, 0) is 0 Å². The van der Waals surface area contributed by atoms with E-state index in [9.17, 15) is 4.79 Å². The Morgan fingerprint density at radius 3 is 2.33 bits per heavy atom. The number of hydrogen-bond acceptors (Lipinski definition) is 4. The maximum absolute atomic E-state index is 13.1. The highest BCUT2D eigenvalue weighted by Crippen LogP contribution is 2.23. The van der Waals surface area contributed by atoms with Gasteiger partial charge in [-0.3, -0.25) is 9.36 Å². The number of aromatic nitrogens is 2. The summed E-state index contributed by atoms with van der Waals surface area (Å²) in [5.74, 6) is 1.56. The predicted molar refractivity (Wildman–Crippen MR) is 105 cm³/mol. The van der Waals surface area contributed by atoms with E-state index >= 15 is 0 Å². The van der Waals surface area contributed by atoms with E-state index in [0.29, 0.717) is 0 Å². The third kappa shape index (κ3) is 3.23. The van der Waals surface area contributed by atoms with E-state index in [4.69, 9.17) is 4.52 Å². The summed E-state index contributed by atoms with van der Waals surface area (Å²) in [4.78, 5) is 17.4. The second kappa shape index (κ2) is 6.95. The maximum atomic E-state index is 13.1. The first kappa shape index (κ1) is 17.4. The molecule has 1 aromatic carbocycles. The number of piperazine rings is 1. The number of nitrogens with zero attached hydrogens (tertiary/aromatic N) is 4. The standard InChI is InChI=1S/C21H24N4O2/c1-15-13-19(17(3)25(15)20-14-16(2)27-22-20)21(26)24-11-9-23(10-12-24)18-7-5-4-6-8-18/h4-8,13-14H,9-12H2,1-3H3. The highest BCUT2D eigenvalue weighted by Gasteiger charge is 2.26. The van der Waals surface area contributed by atoms with Crippen molar-refractivity contribution in [1.29, 1.82) is 0 Å². The summed E-state index contributed by atoms with van der Waals surface area (Å²) in [5.41, 5.74) is 3.83. The molecule has 0 atom stereocenters. The van der Waals surface area contributed by atoms with E-state index in [1.54, 1.807) is 0 Å². The van der Waals surface area contributed by atoms with Crippen LogP contribution in [0.15, 0.2) is 47.0 Å². The number of carbonyl (C=O) groups excluding carboxylic acids is 1. The average molecular weight is 364 g/mol. The second-order valence-corrected chi connectivity index (χ2v) is 7.03. The number of benzene rings is 1. The number of amides is 1. The second-order valence-electron chi connectivity index (χ2n) is 7.03. The van der Waals surface area contributed by atoms with Crippen molar-refractivity contribution in [1.82, 2.24) is 14.6 Å². The maximum Gasteiger partial charge on any atom is 0.255 e. The van der Waals surface area contributed by atoms with Crippen molar-refractivity contribution in [3.8, 4) is 5.82 Å². The topological polar surface area (TPSA) is 54.5 Å². The van der Waals surface area contributed by atoms with Crippen molar-refractivity contribution in [2.24, 2.45) is 0 Å². The normalized spacial score (nSPS) is 14.6. The van der Waals surface area contributed by atoms with Crippen LogP contribution in [0.5, 0.6) is 0 Å². The van der Waals surface area contributed by atoms with Crippen LogP contribution in [-0.4, -0.2) is 46.7 Å². The Kier molecular flexibility index (Phi) is 4.48. The highest BCUT2D eigenvalue weighted by molar-refractivity contribution is 5.96. The largest absolute Gasteiger partial charge is 0.368 e. The van der Waals surface area contributed by atoms with Gasteiger partial charge in [0.05, 0.1) is 5.56 Å². The van der Waals surface area contributed by atoms with Gasteiger partial charge in [-0.2, -0.15) is 0 Å². The molecular formula is C21H24N4O2. The fourth-order valence-electron chi connectivity index (χ4n) is 3.77. The summed E-state index contributed by atoms with van der Waals surface area (Å²) in [6.45, 7) is 8.95. The molecule has 1 aliphatic rings. The van der Waals surface area contributed by atoms with E-state index in [0.717, 1.165) is 54.7 Å². The molecule has 27 heavy (non-hydrogen) atoms. The van der Waals surface area contributed by atoms with Crippen molar-refractivity contribution < 1.29 is 9.32 Å². The molecule has 1 aliphatic heterocycles. The molecule has 0 radical (unpaired) electrons. The number of rotatable bonds is 3. The van der Waals surface area contributed by atoms with Crippen LogP contribution in [0, 0.1) is 20.8 Å². The molecule has 2 aromatic heterocycles. The van der Waals surface area contributed by atoms with Gasteiger partial charge in [0.15, 0.2) is 5.82 Å². The zero-order valence-electron chi connectivity index (χ0n) is 16.0. The molecule has 1 fully saturated rings. The summed E-state index contributed by atoms with van der Waals surface area (Å²) in [7, 11) is 0. The lowest BCUT2D eigenvalue weighted by molar-refractivity contribution is 0.0746. The Bertz CT molecular complexity index is 950. The fourth-order valence-corrected chi connectivity index (χ4v) is 3.77. The lowest BCUT2D eigenvalue weighted by Crippen LogP contribution is -2.48. The number of hydrogen-bond donors (Lipinski definition) is 0. The van der Waals surface area contributed by atoms with Gasteiger partial charge in [-0.05, 0) is 39.0 Å². The van der Waals surface area contributed by atoms with Crippen LogP contribution in [0.3, 0.4) is 0 Å². The zero-order valence-corrected chi connectivity index (χ0v) is 16.0. The first-order chi connectivity index (χ1) is 13.0. The molecule has 3 aromatic rings. The minimum absolute atomic E-state index is 0.0854. The molecule has 6 heteroatoms. The van der Waals surface area contributed by atoms with Gasteiger partial charge >= 0.3 is 0 Å². The number of para-hydroxylation sites is 1. The van der Waals surface area contributed by atoms with Gasteiger partial charge in [0, 0.05) is 49.3 Å². The molecule has 4 rings (SSSR count). The Morgan fingerprint density at radius 2 is 1.70 bits per heavy atom. The van der Waals surface area contributed by atoms with Gasteiger partial charge in [0.25, 0.3) is 5.91 Å². The van der Waals surface area contributed by atoms with Crippen LogP contribution in [0.2, 0.25) is 0 Å². The third-order valence-corrected chi connectivity index (χ3v) is 5.19. The zero-order chi connectivity index (χ0) is 19.0.